The number of ether oxygens (including phenoxy) is 1. The van der Waals surface area contributed by atoms with Gasteiger partial charge < -0.3 is 10.5 Å². The summed E-state index contributed by atoms with van der Waals surface area (Å²) in [5.41, 5.74) is 5.89. The van der Waals surface area contributed by atoms with Crippen LogP contribution in [0.25, 0.3) is 0 Å². The molecule has 1 rings (SSSR count). The molecule has 0 spiro atoms. The van der Waals surface area contributed by atoms with Crippen LogP contribution in [0.2, 0.25) is 0 Å². The van der Waals surface area contributed by atoms with E-state index in [0.717, 1.165) is 6.26 Å². The molecular formula is C10H15NO5S2. The monoisotopic (exact) mass is 293 g/mol. The summed E-state index contributed by atoms with van der Waals surface area (Å²) in [5, 5.41) is 0. The van der Waals surface area contributed by atoms with Crippen molar-refractivity contribution in [2.24, 2.45) is 0 Å². The van der Waals surface area contributed by atoms with Gasteiger partial charge in [0.25, 0.3) is 0 Å². The second kappa shape index (κ2) is 5.15. The van der Waals surface area contributed by atoms with Gasteiger partial charge in [-0.15, -0.1) is 0 Å². The van der Waals surface area contributed by atoms with Gasteiger partial charge in [0, 0.05) is 18.0 Å². The van der Waals surface area contributed by atoms with E-state index in [1.165, 1.54) is 25.3 Å². The Bertz CT molecular complexity index is 634. The highest BCUT2D eigenvalue weighted by Crippen LogP contribution is 2.26. The summed E-state index contributed by atoms with van der Waals surface area (Å²) in [7, 11) is -5.73. The normalized spacial score (nSPS) is 12.3. The predicted octanol–water partition coefficient (Wildman–Crippen LogP) is 0.0957. The lowest BCUT2D eigenvalue weighted by Crippen LogP contribution is -2.17. The lowest BCUT2D eigenvalue weighted by Gasteiger charge is -2.09. The standard InChI is InChI=1S/C10H15NO5S2/c1-16-9-7-8(11)3-4-10(9)18(14,15)6-5-17(2,12)13/h3-4,7H,5-6,11H2,1-2H3. The van der Waals surface area contributed by atoms with Crippen LogP contribution < -0.4 is 10.5 Å². The number of hydrogen-bond acceptors (Lipinski definition) is 6. The fraction of sp³-hybridized carbons (Fsp3) is 0.400. The highest BCUT2D eigenvalue weighted by molar-refractivity contribution is 7.94. The van der Waals surface area contributed by atoms with Crippen LogP contribution in [0.5, 0.6) is 5.75 Å². The van der Waals surface area contributed by atoms with Gasteiger partial charge in [-0.25, -0.2) is 16.8 Å². The van der Waals surface area contributed by atoms with E-state index in [1.807, 2.05) is 0 Å². The molecule has 0 heterocycles. The van der Waals surface area contributed by atoms with E-state index < -0.39 is 31.2 Å². The van der Waals surface area contributed by atoms with Crippen LogP contribution in [0.3, 0.4) is 0 Å². The molecule has 6 nitrogen and oxygen atoms in total. The molecule has 102 valence electrons. The van der Waals surface area contributed by atoms with Gasteiger partial charge >= 0.3 is 0 Å². The minimum Gasteiger partial charge on any atom is -0.495 e. The molecule has 0 unspecified atom stereocenters. The van der Waals surface area contributed by atoms with Crippen molar-refractivity contribution in [1.82, 2.24) is 0 Å². The van der Waals surface area contributed by atoms with Crippen LogP contribution >= 0.6 is 0 Å². The van der Waals surface area contributed by atoms with Gasteiger partial charge in [-0.05, 0) is 12.1 Å². The van der Waals surface area contributed by atoms with E-state index in [4.69, 9.17) is 10.5 Å². The number of hydrogen-bond donors (Lipinski definition) is 1. The molecule has 2 N–H and O–H groups in total. The average Bonchev–Trinajstić information content (AvgIpc) is 2.25. The summed E-state index contributed by atoms with van der Waals surface area (Å²) in [6.45, 7) is 0. The Kier molecular flexibility index (Phi) is 4.23. The Morgan fingerprint density at radius 3 is 2.28 bits per heavy atom. The van der Waals surface area contributed by atoms with Crippen LogP contribution in [0.15, 0.2) is 23.1 Å². The quantitative estimate of drug-likeness (QED) is 0.772. The van der Waals surface area contributed by atoms with Gasteiger partial charge in [0.05, 0.1) is 18.6 Å². The zero-order valence-electron chi connectivity index (χ0n) is 10.1. The SMILES string of the molecule is COc1cc(N)ccc1S(=O)(=O)CCS(C)(=O)=O. The molecular weight excluding hydrogens is 278 g/mol. The fourth-order valence-corrected chi connectivity index (χ4v) is 4.34. The third-order valence-corrected chi connectivity index (χ3v) is 5.20. The maximum absolute atomic E-state index is 12.0. The molecule has 8 heteroatoms. The zero-order valence-corrected chi connectivity index (χ0v) is 11.7. The van der Waals surface area contributed by atoms with Crippen LogP contribution in [0.1, 0.15) is 0 Å². The van der Waals surface area contributed by atoms with Crippen LogP contribution in [-0.2, 0) is 19.7 Å². The van der Waals surface area contributed by atoms with Gasteiger partial charge in [0.1, 0.15) is 20.5 Å². The average molecular weight is 293 g/mol. The van der Waals surface area contributed by atoms with Crippen LogP contribution in [0.4, 0.5) is 5.69 Å². The highest BCUT2D eigenvalue weighted by atomic mass is 32.2. The Morgan fingerprint density at radius 2 is 1.78 bits per heavy atom. The van der Waals surface area contributed by atoms with Crippen molar-refractivity contribution in [1.29, 1.82) is 0 Å². The summed E-state index contributed by atoms with van der Waals surface area (Å²) < 4.78 is 50.9. The van der Waals surface area contributed by atoms with Crippen molar-refractivity contribution in [3.05, 3.63) is 18.2 Å². The third kappa shape index (κ3) is 3.88. The van der Waals surface area contributed by atoms with Crippen molar-refractivity contribution in [2.45, 2.75) is 4.90 Å². The molecule has 0 bridgehead atoms. The van der Waals surface area contributed by atoms with Crippen LogP contribution in [-0.4, -0.2) is 41.7 Å². The first-order chi connectivity index (χ1) is 8.15. The topological polar surface area (TPSA) is 104 Å². The van der Waals surface area contributed by atoms with E-state index >= 15 is 0 Å². The van der Waals surface area contributed by atoms with Gasteiger partial charge in [-0.2, -0.15) is 0 Å². The highest BCUT2D eigenvalue weighted by Gasteiger charge is 2.21. The molecule has 1 aromatic carbocycles. The van der Waals surface area contributed by atoms with Crippen molar-refractivity contribution in [3.63, 3.8) is 0 Å². The molecule has 0 aliphatic carbocycles. The number of nitrogen functional groups attached to an aromatic ring is 1. The summed E-state index contributed by atoms with van der Waals surface area (Å²) in [4.78, 5) is -0.0529. The molecule has 0 saturated heterocycles. The van der Waals surface area contributed by atoms with E-state index in [9.17, 15) is 16.8 Å². The lowest BCUT2D eigenvalue weighted by molar-refractivity contribution is 0.403. The summed E-state index contributed by atoms with van der Waals surface area (Å²) >= 11 is 0. The van der Waals surface area contributed by atoms with E-state index in [1.54, 1.807) is 0 Å². The molecule has 0 aliphatic rings. The Hall–Kier alpha value is -1.28. The molecule has 1 aromatic rings. The van der Waals surface area contributed by atoms with Gasteiger partial charge in [-0.3, -0.25) is 0 Å². The molecule has 0 saturated carbocycles. The molecule has 0 radical (unpaired) electrons. The minimum absolute atomic E-state index is 0.0529. The zero-order chi connectivity index (χ0) is 14.0. The second-order valence-electron chi connectivity index (χ2n) is 3.86. The number of methoxy groups -OCH3 is 1. The van der Waals surface area contributed by atoms with Crippen molar-refractivity contribution in [2.75, 3.05) is 30.6 Å². The number of sulfone groups is 2. The molecule has 0 amide bonds. The Morgan fingerprint density at radius 1 is 1.17 bits per heavy atom. The first-order valence-corrected chi connectivity index (χ1v) is 8.71. The van der Waals surface area contributed by atoms with E-state index in [0.29, 0.717) is 5.69 Å². The fourth-order valence-electron chi connectivity index (χ4n) is 1.31. The number of nitrogens with two attached hydrogens (primary N) is 1. The largest absolute Gasteiger partial charge is 0.495 e. The van der Waals surface area contributed by atoms with E-state index in [-0.39, 0.29) is 10.6 Å². The number of anilines is 1. The minimum atomic E-state index is -3.71. The molecule has 0 aromatic heterocycles. The second-order valence-corrected chi connectivity index (χ2v) is 8.20. The first kappa shape index (κ1) is 14.8. The maximum Gasteiger partial charge on any atom is 0.183 e. The molecule has 0 aliphatic heterocycles. The van der Waals surface area contributed by atoms with Gasteiger partial charge in [0.15, 0.2) is 9.84 Å². The summed E-state index contributed by atoms with van der Waals surface area (Å²) in [6.07, 6.45) is 0.989. The molecule has 18 heavy (non-hydrogen) atoms. The Balaban J connectivity index is 3.13. The third-order valence-electron chi connectivity index (χ3n) is 2.25. The van der Waals surface area contributed by atoms with Crippen molar-refractivity contribution < 1.29 is 21.6 Å². The van der Waals surface area contributed by atoms with Gasteiger partial charge in [0.2, 0.25) is 0 Å². The Labute approximate surface area is 107 Å². The maximum atomic E-state index is 12.0. The number of benzene rings is 1. The van der Waals surface area contributed by atoms with Crippen LogP contribution in [0, 0.1) is 0 Å². The van der Waals surface area contributed by atoms with Crippen molar-refractivity contribution >= 4 is 25.4 Å². The summed E-state index contributed by atoms with van der Waals surface area (Å²) in [5.74, 6) is -0.793. The number of rotatable bonds is 5. The lowest BCUT2D eigenvalue weighted by atomic mass is 10.3. The molecule has 0 atom stereocenters. The summed E-state index contributed by atoms with van der Waals surface area (Å²) in [6, 6.07) is 4.12. The van der Waals surface area contributed by atoms with Crippen molar-refractivity contribution in [3.8, 4) is 5.75 Å². The molecule has 0 fully saturated rings. The van der Waals surface area contributed by atoms with Gasteiger partial charge in [-0.1, -0.05) is 0 Å². The van der Waals surface area contributed by atoms with E-state index in [2.05, 4.69) is 0 Å². The smallest absolute Gasteiger partial charge is 0.183 e. The first-order valence-electron chi connectivity index (χ1n) is 5.00. The predicted molar refractivity (Wildman–Crippen MR) is 69.2 cm³/mol.